The fraction of sp³-hybridized carbons (Fsp3) is 0.442. The van der Waals surface area contributed by atoms with Gasteiger partial charge >= 0.3 is 7.12 Å². The summed E-state index contributed by atoms with van der Waals surface area (Å²) in [6, 6.07) is 26.5. The highest BCUT2D eigenvalue weighted by Crippen LogP contribution is 2.51. The van der Waals surface area contributed by atoms with Crippen LogP contribution in [-0.2, 0) is 18.7 Å². The maximum atomic E-state index is 14.0. The number of phenols is 1. The van der Waals surface area contributed by atoms with Gasteiger partial charge in [-0.05, 0) is 89.1 Å². The zero-order valence-corrected chi connectivity index (χ0v) is 34.3. The van der Waals surface area contributed by atoms with Crippen molar-refractivity contribution in [1.29, 1.82) is 0 Å². The molecule has 2 saturated heterocycles. The van der Waals surface area contributed by atoms with E-state index in [0.29, 0.717) is 38.8 Å². The van der Waals surface area contributed by atoms with Crippen LogP contribution in [0.1, 0.15) is 78.7 Å². The molecule has 6 rings (SSSR count). The van der Waals surface area contributed by atoms with Crippen LogP contribution in [0.25, 0.3) is 6.08 Å². The Morgan fingerprint density at radius 1 is 0.962 bits per heavy atom. The van der Waals surface area contributed by atoms with Crippen molar-refractivity contribution in [2.75, 3.05) is 13.2 Å². The number of carbonyl (C=O) groups is 2. The second-order valence-electron chi connectivity index (χ2n) is 15.9. The highest BCUT2D eigenvalue weighted by atomic mass is 79.9. The van der Waals surface area contributed by atoms with Crippen molar-refractivity contribution in [3.63, 3.8) is 0 Å². The number of aromatic hydroxyl groups is 1. The van der Waals surface area contributed by atoms with Gasteiger partial charge in [-0.1, -0.05) is 129 Å². The van der Waals surface area contributed by atoms with Gasteiger partial charge in [0, 0.05) is 16.6 Å². The molecular formula is C43H53BBrNO6Si. The average molecular weight is 799 g/mol. The standard InChI is InChI=1S/C43H53BBrNO6Si/c1-6-14-29(24-30-25-32(45)20-21-37(30)47)19-22-38-39-31(26-35-40(36(39)27-44(50)52-38)42(49)46(23-7-2)41(35)48)28-51-53(43(3,4)5,33-15-10-8-11-16-33)34-17-12-9-13-18-34/h8-13,15-18,20-21,24-25,35-36,38,40,47,50H,6-7,14,19,22-23,26-28H2,1-5H3/b29-24+/t35-,36+,38-,40-/m1/s1. The van der Waals surface area contributed by atoms with Crippen LogP contribution in [0.3, 0.4) is 0 Å². The number of fused-ring (bicyclic) bond motifs is 3. The van der Waals surface area contributed by atoms with E-state index in [9.17, 15) is 19.7 Å². The van der Waals surface area contributed by atoms with Gasteiger partial charge in [0.05, 0.1) is 24.5 Å². The third-order valence-electron chi connectivity index (χ3n) is 11.4. The predicted octanol–water partition coefficient (Wildman–Crippen LogP) is 7.90. The van der Waals surface area contributed by atoms with Gasteiger partial charge in [-0.25, -0.2) is 0 Å². The lowest BCUT2D eigenvalue weighted by Crippen LogP contribution is -2.66. The van der Waals surface area contributed by atoms with Crippen LogP contribution in [0.15, 0.2) is 100 Å². The van der Waals surface area contributed by atoms with Crippen LogP contribution in [0.5, 0.6) is 5.75 Å². The van der Waals surface area contributed by atoms with E-state index in [0.717, 1.165) is 34.0 Å². The number of carbonyl (C=O) groups excluding carboxylic acids is 2. The monoisotopic (exact) mass is 797 g/mol. The summed E-state index contributed by atoms with van der Waals surface area (Å²) in [6.07, 6.45) is 6.03. The van der Waals surface area contributed by atoms with Crippen LogP contribution in [0.2, 0.25) is 11.4 Å². The largest absolute Gasteiger partial charge is 0.507 e. The molecule has 2 amide bonds. The molecule has 0 aromatic heterocycles. The number of halogens is 1. The zero-order valence-electron chi connectivity index (χ0n) is 31.7. The number of phenolic OH excluding ortho intramolecular Hbond substituents is 1. The van der Waals surface area contributed by atoms with Gasteiger partial charge in [-0.3, -0.25) is 14.5 Å². The number of likely N-dealkylation sites (tertiary alicyclic amines) is 1. The number of amides is 2. The van der Waals surface area contributed by atoms with Gasteiger partial charge in [0.25, 0.3) is 8.32 Å². The summed E-state index contributed by atoms with van der Waals surface area (Å²) in [6.45, 7) is 11.6. The first-order valence-corrected chi connectivity index (χ1v) is 21.9. The van der Waals surface area contributed by atoms with Crippen LogP contribution in [-0.4, -0.2) is 61.5 Å². The third kappa shape index (κ3) is 7.94. The minimum absolute atomic E-state index is 0.108. The Bertz CT molecular complexity index is 1800. The molecule has 0 spiro atoms. The minimum Gasteiger partial charge on any atom is -0.507 e. The van der Waals surface area contributed by atoms with Crippen LogP contribution < -0.4 is 10.4 Å². The summed E-state index contributed by atoms with van der Waals surface area (Å²) in [5.41, 5.74) is 3.96. The van der Waals surface area contributed by atoms with Gasteiger partial charge in [0.2, 0.25) is 11.8 Å². The summed E-state index contributed by atoms with van der Waals surface area (Å²) in [5.74, 6) is -1.35. The topological polar surface area (TPSA) is 96.3 Å². The van der Waals surface area contributed by atoms with E-state index in [1.165, 1.54) is 20.8 Å². The molecule has 0 radical (unpaired) electrons. The van der Waals surface area contributed by atoms with Gasteiger partial charge in [0.15, 0.2) is 0 Å². The number of hydrogen-bond donors (Lipinski definition) is 2. The number of allylic oxidation sites excluding steroid dienone is 1. The van der Waals surface area contributed by atoms with Gasteiger partial charge < -0.3 is 19.2 Å². The van der Waals surface area contributed by atoms with Gasteiger partial charge in [0.1, 0.15) is 5.75 Å². The second kappa shape index (κ2) is 16.6. The van der Waals surface area contributed by atoms with Crippen molar-refractivity contribution in [3.8, 4) is 5.75 Å². The summed E-state index contributed by atoms with van der Waals surface area (Å²) >= 11 is 3.54. The van der Waals surface area contributed by atoms with Crippen LogP contribution in [0.4, 0.5) is 0 Å². The number of rotatable bonds is 13. The lowest BCUT2D eigenvalue weighted by atomic mass is 9.58. The predicted molar refractivity (Wildman–Crippen MR) is 218 cm³/mol. The number of nitrogens with zero attached hydrogens (tertiary/aromatic N) is 1. The molecule has 280 valence electrons. The van der Waals surface area contributed by atoms with Crippen molar-refractivity contribution in [2.45, 2.75) is 90.6 Å². The van der Waals surface area contributed by atoms with Crippen molar-refractivity contribution in [3.05, 3.63) is 106 Å². The fourth-order valence-electron chi connectivity index (χ4n) is 9.13. The Morgan fingerprint density at radius 3 is 2.23 bits per heavy atom. The van der Waals surface area contributed by atoms with Crippen LogP contribution in [0, 0.1) is 17.8 Å². The molecular weight excluding hydrogens is 745 g/mol. The molecule has 2 N–H and O–H groups in total. The van der Waals surface area contributed by atoms with Crippen molar-refractivity contribution >= 4 is 59.6 Å². The highest BCUT2D eigenvalue weighted by molar-refractivity contribution is 9.10. The zero-order chi connectivity index (χ0) is 37.9. The Morgan fingerprint density at radius 2 is 1.62 bits per heavy atom. The average Bonchev–Trinajstić information content (AvgIpc) is 3.37. The molecule has 0 bridgehead atoms. The van der Waals surface area contributed by atoms with Gasteiger partial charge in [-0.15, -0.1) is 0 Å². The van der Waals surface area contributed by atoms with E-state index in [4.69, 9.17) is 9.08 Å². The van der Waals surface area contributed by atoms with E-state index in [1.807, 2.05) is 31.2 Å². The van der Waals surface area contributed by atoms with Crippen LogP contribution >= 0.6 is 15.9 Å². The van der Waals surface area contributed by atoms with E-state index < -0.39 is 33.4 Å². The first kappa shape index (κ1) is 39.4. The minimum atomic E-state index is -2.94. The third-order valence-corrected chi connectivity index (χ3v) is 16.8. The SMILES string of the molecule is CCC/C(=C\c1cc(Br)ccc1O)CC[C@H]1OB(O)C[C@H]2C1=C(CO[Si](c1ccccc1)(c1ccccc1)C(C)(C)C)C[C@H]1C(=O)N(CCC)C(=O)[C@H]12. The van der Waals surface area contributed by atoms with E-state index in [1.54, 1.807) is 6.07 Å². The fourth-order valence-corrected chi connectivity index (χ4v) is 14.1. The lowest BCUT2D eigenvalue weighted by molar-refractivity contribution is -0.140. The van der Waals surface area contributed by atoms with Crippen molar-refractivity contribution in [1.82, 2.24) is 4.90 Å². The smallest absolute Gasteiger partial charge is 0.455 e. The summed E-state index contributed by atoms with van der Waals surface area (Å²) in [4.78, 5) is 29.5. The molecule has 2 fully saturated rings. The first-order valence-electron chi connectivity index (χ1n) is 19.2. The normalized spacial score (nSPS) is 22.4. The van der Waals surface area contributed by atoms with Crippen molar-refractivity contribution in [2.24, 2.45) is 17.8 Å². The molecule has 3 aromatic carbocycles. The Kier molecular flexibility index (Phi) is 12.4. The maximum absolute atomic E-state index is 14.0. The van der Waals surface area contributed by atoms with Gasteiger partial charge in [-0.2, -0.15) is 0 Å². The maximum Gasteiger partial charge on any atom is 0.455 e. The molecule has 0 unspecified atom stereocenters. The lowest BCUT2D eigenvalue weighted by Gasteiger charge is -2.46. The number of hydrogen-bond acceptors (Lipinski definition) is 6. The molecule has 10 heteroatoms. The van der Waals surface area contributed by atoms with E-state index >= 15 is 0 Å². The number of imide groups is 1. The molecule has 3 aromatic rings. The molecule has 2 aliphatic heterocycles. The molecule has 4 atom stereocenters. The Labute approximate surface area is 324 Å². The molecule has 1 aliphatic carbocycles. The summed E-state index contributed by atoms with van der Waals surface area (Å²) in [7, 11) is -3.99. The quantitative estimate of drug-likeness (QED) is 0.104. The first-order chi connectivity index (χ1) is 25.4. The molecule has 3 aliphatic rings. The molecule has 53 heavy (non-hydrogen) atoms. The molecule has 2 heterocycles. The summed E-state index contributed by atoms with van der Waals surface area (Å²) < 4.78 is 14.8. The van der Waals surface area contributed by atoms with E-state index in [-0.39, 0.29) is 34.8 Å². The Hall–Kier alpha value is -3.28. The van der Waals surface area contributed by atoms with Crippen molar-refractivity contribution < 1.29 is 28.8 Å². The second-order valence-corrected chi connectivity index (χ2v) is 21.1. The highest BCUT2D eigenvalue weighted by Gasteiger charge is 2.58. The molecule has 0 saturated carbocycles. The number of benzene rings is 3. The Balaban J connectivity index is 1.43. The summed E-state index contributed by atoms with van der Waals surface area (Å²) in [5, 5.41) is 24.0. The molecule has 7 nitrogen and oxygen atoms in total. The van der Waals surface area contributed by atoms with E-state index in [2.05, 4.69) is 98.2 Å².